The summed E-state index contributed by atoms with van der Waals surface area (Å²) in [5.74, 6) is 0. The number of benzene rings is 3. The molecular formula is C25H21BrN4. The maximum atomic E-state index is 4.22. The highest BCUT2D eigenvalue weighted by Crippen LogP contribution is 2.21. The van der Waals surface area contributed by atoms with Crippen LogP contribution in [-0.4, -0.2) is 19.6 Å². The molecule has 0 bridgehead atoms. The van der Waals surface area contributed by atoms with E-state index in [0.717, 1.165) is 15.8 Å². The van der Waals surface area contributed by atoms with Crippen LogP contribution in [0.25, 0.3) is 22.5 Å². The van der Waals surface area contributed by atoms with Gasteiger partial charge in [0, 0.05) is 29.3 Å². The summed E-state index contributed by atoms with van der Waals surface area (Å²) in [4.78, 5) is 0. The Morgan fingerprint density at radius 2 is 1.03 bits per heavy atom. The second kappa shape index (κ2) is 9.37. The zero-order valence-corrected chi connectivity index (χ0v) is 18.1. The van der Waals surface area contributed by atoms with Gasteiger partial charge in [0.2, 0.25) is 0 Å². The van der Waals surface area contributed by atoms with Gasteiger partial charge in [0.1, 0.15) is 0 Å². The van der Waals surface area contributed by atoms with Crippen LogP contribution in [0.3, 0.4) is 0 Å². The Hall–Kier alpha value is -3.44. The lowest BCUT2D eigenvalue weighted by molar-refractivity contribution is 0.880. The molecule has 3 aromatic carbocycles. The number of aryl methyl sites for hydroxylation is 1. The summed E-state index contributed by atoms with van der Waals surface area (Å²) >= 11 is 3.38. The van der Waals surface area contributed by atoms with Gasteiger partial charge in [-0.2, -0.15) is 10.2 Å². The van der Waals surface area contributed by atoms with Gasteiger partial charge in [-0.05, 0) is 66.6 Å². The van der Waals surface area contributed by atoms with E-state index >= 15 is 0 Å². The normalized spacial score (nSPS) is 10.3. The van der Waals surface area contributed by atoms with E-state index in [1.165, 1.54) is 16.7 Å². The van der Waals surface area contributed by atoms with Crippen LogP contribution in [0.15, 0.2) is 114 Å². The Labute approximate surface area is 184 Å². The lowest BCUT2D eigenvalue weighted by atomic mass is 10.0. The third-order valence-electron chi connectivity index (χ3n) is 4.62. The van der Waals surface area contributed by atoms with E-state index in [9.17, 15) is 0 Å². The van der Waals surface area contributed by atoms with E-state index in [1.54, 1.807) is 12.4 Å². The predicted molar refractivity (Wildman–Crippen MR) is 125 cm³/mol. The van der Waals surface area contributed by atoms with E-state index in [1.807, 2.05) is 58.2 Å². The molecule has 0 aliphatic rings. The SMILES string of the molecule is Brc1ccc(-n2cccn2)cc1.Cc1ccc(-c2ccc(-n3cccn3)cc2)cc1. The maximum Gasteiger partial charge on any atom is 0.0646 e. The number of aromatic nitrogens is 4. The van der Waals surface area contributed by atoms with Gasteiger partial charge in [-0.25, -0.2) is 9.36 Å². The van der Waals surface area contributed by atoms with Crippen molar-refractivity contribution in [2.75, 3.05) is 0 Å². The van der Waals surface area contributed by atoms with E-state index in [4.69, 9.17) is 0 Å². The molecule has 4 nitrogen and oxygen atoms in total. The Balaban J connectivity index is 0.000000158. The number of nitrogens with zero attached hydrogens (tertiary/aromatic N) is 4. The zero-order chi connectivity index (χ0) is 20.8. The third kappa shape index (κ3) is 4.93. The average molecular weight is 457 g/mol. The van der Waals surface area contributed by atoms with Crippen LogP contribution in [-0.2, 0) is 0 Å². The molecule has 2 aromatic heterocycles. The molecule has 0 saturated heterocycles. The minimum Gasteiger partial charge on any atom is -0.241 e. The third-order valence-corrected chi connectivity index (χ3v) is 5.15. The summed E-state index contributed by atoms with van der Waals surface area (Å²) in [5, 5.41) is 8.33. The van der Waals surface area contributed by atoms with Gasteiger partial charge in [-0.15, -0.1) is 0 Å². The van der Waals surface area contributed by atoms with Crippen LogP contribution in [0.1, 0.15) is 5.56 Å². The second-order valence-corrected chi connectivity index (χ2v) is 7.71. The summed E-state index contributed by atoms with van der Waals surface area (Å²) in [6.07, 6.45) is 7.42. The first kappa shape index (κ1) is 19.9. The van der Waals surface area contributed by atoms with Crippen molar-refractivity contribution in [1.29, 1.82) is 0 Å². The topological polar surface area (TPSA) is 35.6 Å². The van der Waals surface area contributed by atoms with Gasteiger partial charge in [0.05, 0.1) is 11.4 Å². The van der Waals surface area contributed by atoms with Gasteiger partial charge in [0.25, 0.3) is 0 Å². The predicted octanol–water partition coefficient (Wildman–Crippen LogP) is 6.48. The highest BCUT2D eigenvalue weighted by molar-refractivity contribution is 9.10. The van der Waals surface area contributed by atoms with Gasteiger partial charge in [-0.3, -0.25) is 0 Å². The summed E-state index contributed by atoms with van der Waals surface area (Å²) < 4.78 is 4.77. The molecule has 0 saturated carbocycles. The largest absolute Gasteiger partial charge is 0.241 e. The van der Waals surface area contributed by atoms with Crippen LogP contribution in [0, 0.1) is 6.92 Å². The fraction of sp³-hybridized carbons (Fsp3) is 0.0400. The molecule has 148 valence electrons. The lowest BCUT2D eigenvalue weighted by Crippen LogP contribution is -1.93. The van der Waals surface area contributed by atoms with E-state index in [0.29, 0.717) is 0 Å². The lowest BCUT2D eigenvalue weighted by Gasteiger charge is -2.05. The van der Waals surface area contributed by atoms with E-state index in [-0.39, 0.29) is 0 Å². The van der Waals surface area contributed by atoms with Gasteiger partial charge in [0.15, 0.2) is 0 Å². The number of halogens is 1. The van der Waals surface area contributed by atoms with Crippen molar-refractivity contribution in [2.45, 2.75) is 6.92 Å². The smallest absolute Gasteiger partial charge is 0.0646 e. The number of hydrogen-bond donors (Lipinski definition) is 0. The minimum atomic E-state index is 1.07. The van der Waals surface area contributed by atoms with Gasteiger partial charge >= 0.3 is 0 Å². The fourth-order valence-corrected chi connectivity index (χ4v) is 3.25. The zero-order valence-electron chi connectivity index (χ0n) is 16.6. The Kier molecular flexibility index (Phi) is 6.20. The van der Waals surface area contributed by atoms with Crippen molar-refractivity contribution in [3.63, 3.8) is 0 Å². The van der Waals surface area contributed by atoms with Crippen molar-refractivity contribution in [3.8, 4) is 22.5 Å². The number of rotatable bonds is 3. The number of hydrogen-bond acceptors (Lipinski definition) is 2. The van der Waals surface area contributed by atoms with Crippen molar-refractivity contribution < 1.29 is 0 Å². The Morgan fingerprint density at radius 1 is 0.600 bits per heavy atom. The summed E-state index contributed by atoms with van der Waals surface area (Å²) in [5.41, 5.74) is 5.91. The first-order valence-electron chi connectivity index (χ1n) is 9.62. The molecule has 2 heterocycles. The standard InChI is InChI=1S/C16H14N2.C9H7BrN2/c1-13-3-5-14(6-4-13)15-7-9-16(10-8-15)18-12-2-11-17-18;10-8-2-4-9(5-3-8)12-7-1-6-11-12/h2-12H,1H3;1-7H. The first-order chi connectivity index (χ1) is 14.7. The molecule has 0 fully saturated rings. The second-order valence-electron chi connectivity index (χ2n) is 6.79. The maximum absolute atomic E-state index is 4.22. The molecule has 0 N–H and O–H groups in total. The summed E-state index contributed by atoms with van der Waals surface area (Å²) in [6.45, 7) is 2.10. The van der Waals surface area contributed by atoms with E-state index in [2.05, 4.69) is 81.6 Å². The van der Waals surface area contributed by atoms with Crippen molar-refractivity contribution in [1.82, 2.24) is 19.6 Å². The minimum absolute atomic E-state index is 1.07. The molecule has 0 radical (unpaired) electrons. The highest BCUT2D eigenvalue weighted by atomic mass is 79.9. The monoisotopic (exact) mass is 456 g/mol. The van der Waals surface area contributed by atoms with E-state index < -0.39 is 0 Å². The fourth-order valence-electron chi connectivity index (χ4n) is 2.99. The molecule has 0 atom stereocenters. The molecule has 0 aliphatic heterocycles. The molecule has 0 spiro atoms. The first-order valence-corrected chi connectivity index (χ1v) is 10.4. The summed E-state index contributed by atoms with van der Waals surface area (Å²) in [6, 6.07) is 28.8. The Bertz CT molecular complexity index is 1160. The molecule has 0 unspecified atom stereocenters. The molecule has 30 heavy (non-hydrogen) atoms. The molecule has 5 rings (SSSR count). The van der Waals surface area contributed by atoms with Crippen LogP contribution in [0.5, 0.6) is 0 Å². The molecule has 5 aromatic rings. The molecular weight excluding hydrogens is 436 g/mol. The molecule has 5 heteroatoms. The quantitative estimate of drug-likeness (QED) is 0.311. The van der Waals surface area contributed by atoms with Gasteiger partial charge < -0.3 is 0 Å². The Morgan fingerprint density at radius 3 is 1.47 bits per heavy atom. The van der Waals surface area contributed by atoms with Crippen molar-refractivity contribution >= 4 is 15.9 Å². The average Bonchev–Trinajstić information content (AvgIpc) is 3.50. The van der Waals surface area contributed by atoms with Crippen LogP contribution >= 0.6 is 15.9 Å². The van der Waals surface area contributed by atoms with Crippen LogP contribution in [0.2, 0.25) is 0 Å². The molecule has 0 aliphatic carbocycles. The highest BCUT2D eigenvalue weighted by Gasteiger charge is 1.99. The van der Waals surface area contributed by atoms with Crippen LogP contribution in [0.4, 0.5) is 0 Å². The van der Waals surface area contributed by atoms with Crippen molar-refractivity contribution in [3.05, 3.63) is 120 Å². The summed E-state index contributed by atoms with van der Waals surface area (Å²) in [7, 11) is 0. The van der Waals surface area contributed by atoms with Crippen molar-refractivity contribution in [2.24, 2.45) is 0 Å². The molecule has 0 amide bonds. The van der Waals surface area contributed by atoms with Crippen LogP contribution < -0.4 is 0 Å². The van der Waals surface area contributed by atoms with Gasteiger partial charge in [-0.1, -0.05) is 57.9 Å².